The van der Waals surface area contributed by atoms with Crippen LogP contribution in [0.15, 0.2) is 24.3 Å². The first kappa shape index (κ1) is 17.8. The predicted octanol–water partition coefficient (Wildman–Crippen LogP) is 1.42. The van der Waals surface area contributed by atoms with E-state index in [1.807, 2.05) is 31.2 Å². The quantitative estimate of drug-likeness (QED) is 0.779. The van der Waals surface area contributed by atoms with Crippen LogP contribution in [0.4, 0.5) is 0 Å². The van der Waals surface area contributed by atoms with E-state index in [0.717, 1.165) is 24.2 Å². The number of hydrogen-bond donors (Lipinski definition) is 2. The van der Waals surface area contributed by atoms with Crippen molar-refractivity contribution in [3.05, 3.63) is 29.8 Å². The fourth-order valence-electron chi connectivity index (χ4n) is 2.24. The van der Waals surface area contributed by atoms with Crippen LogP contribution >= 0.6 is 12.4 Å². The zero-order valence-electron chi connectivity index (χ0n) is 12.2. The summed E-state index contributed by atoms with van der Waals surface area (Å²) in [5.41, 5.74) is 6.61. The number of halogens is 1. The van der Waals surface area contributed by atoms with Gasteiger partial charge in [0, 0.05) is 6.54 Å². The van der Waals surface area contributed by atoms with Gasteiger partial charge >= 0.3 is 0 Å². The van der Waals surface area contributed by atoms with Gasteiger partial charge in [-0.15, -0.1) is 12.4 Å². The molecular formula is C15H23ClN2O3. The van der Waals surface area contributed by atoms with Gasteiger partial charge in [0.05, 0.1) is 12.6 Å². The van der Waals surface area contributed by atoms with Gasteiger partial charge in [-0.2, -0.15) is 0 Å². The van der Waals surface area contributed by atoms with Gasteiger partial charge in [0.1, 0.15) is 18.5 Å². The summed E-state index contributed by atoms with van der Waals surface area (Å²) in [6.45, 7) is 3.39. The van der Waals surface area contributed by atoms with Crippen molar-refractivity contribution in [1.29, 1.82) is 0 Å². The summed E-state index contributed by atoms with van der Waals surface area (Å²) in [5, 5.41) is 2.83. The number of carbonyl (C=O) groups excluding carboxylic acids is 1. The van der Waals surface area contributed by atoms with E-state index in [4.69, 9.17) is 15.2 Å². The molecule has 1 heterocycles. The Balaban J connectivity index is 0.00000220. The van der Waals surface area contributed by atoms with E-state index in [-0.39, 0.29) is 30.5 Å². The van der Waals surface area contributed by atoms with Crippen molar-refractivity contribution in [2.45, 2.75) is 32.0 Å². The number of carbonyl (C=O) groups is 1. The van der Waals surface area contributed by atoms with Crippen molar-refractivity contribution in [1.82, 2.24) is 5.32 Å². The molecule has 0 unspecified atom stereocenters. The molecular weight excluding hydrogens is 292 g/mol. The fourth-order valence-corrected chi connectivity index (χ4v) is 2.24. The van der Waals surface area contributed by atoms with Gasteiger partial charge in [-0.25, -0.2) is 0 Å². The minimum atomic E-state index is -0.359. The highest BCUT2D eigenvalue weighted by molar-refractivity contribution is 5.85. The van der Waals surface area contributed by atoms with Crippen molar-refractivity contribution >= 4 is 18.3 Å². The lowest BCUT2D eigenvalue weighted by Crippen LogP contribution is -2.37. The Morgan fingerprint density at radius 2 is 2.19 bits per heavy atom. The molecule has 0 spiro atoms. The number of para-hydroxylation sites is 1. The second kappa shape index (κ2) is 8.87. The van der Waals surface area contributed by atoms with Gasteiger partial charge < -0.3 is 20.5 Å². The molecule has 1 saturated heterocycles. The topological polar surface area (TPSA) is 73.6 Å². The maximum Gasteiger partial charge on any atom is 0.249 e. The molecule has 2 atom stereocenters. The van der Waals surface area contributed by atoms with E-state index >= 15 is 0 Å². The van der Waals surface area contributed by atoms with E-state index in [0.29, 0.717) is 19.7 Å². The van der Waals surface area contributed by atoms with Crippen LogP contribution in [0.5, 0.6) is 5.75 Å². The van der Waals surface area contributed by atoms with Crippen LogP contribution in [0.3, 0.4) is 0 Å². The Bertz CT molecular complexity index is 456. The van der Waals surface area contributed by atoms with Crippen LogP contribution in [-0.2, 0) is 9.53 Å². The molecule has 0 radical (unpaired) electrons. The highest BCUT2D eigenvalue weighted by atomic mass is 35.5. The number of nitrogens with two attached hydrogens (primary N) is 1. The zero-order chi connectivity index (χ0) is 14.4. The Morgan fingerprint density at radius 3 is 2.86 bits per heavy atom. The van der Waals surface area contributed by atoms with Crippen molar-refractivity contribution < 1.29 is 14.3 Å². The lowest BCUT2D eigenvalue weighted by atomic mass is 10.2. The van der Waals surface area contributed by atoms with Crippen LogP contribution in [0.1, 0.15) is 18.4 Å². The second-order valence-electron chi connectivity index (χ2n) is 4.96. The van der Waals surface area contributed by atoms with Crippen LogP contribution in [0, 0.1) is 6.92 Å². The highest BCUT2D eigenvalue weighted by Crippen LogP contribution is 2.19. The van der Waals surface area contributed by atoms with Gasteiger partial charge in [0.25, 0.3) is 0 Å². The second-order valence-corrected chi connectivity index (χ2v) is 4.96. The van der Waals surface area contributed by atoms with Crippen LogP contribution in [0.2, 0.25) is 0 Å². The minimum Gasteiger partial charge on any atom is -0.491 e. The van der Waals surface area contributed by atoms with Crippen molar-refractivity contribution in [3.63, 3.8) is 0 Å². The zero-order valence-corrected chi connectivity index (χ0v) is 13.0. The lowest BCUT2D eigenvalue weighted by Gasteiger charge is -2.13. The van der Waals surface area contributed by atoms with Crippen LogP contribution in [-0.4, -0.2) is 37.8 Å². The van der Waals surface area contributed by atoms with Crippen molar-refractivity contribution in [3.8, 4) is 5.75 Å². The van der Waals surface area contributed by atoms with Gasteiger partial charge in [-0.3, -0.25) is 4.79 Å². The molecule has 0 bridgehead atoms. The summed E-state index contributed by atoms with van der Waals surface area (Å²) in [6, 6.07) is 7.81. The highest BCUT2D eigenvalue weighted by Gasteiger charge is 2.29. The monoisotopic (exact) mass is 314 g/mol. The van der Waals surface area contributed by atoms with Gasteiger partial charge in [-0.1, -0.05) is 18.2 Å². The molecule has 1 fully saturated rings. The summed E-state index contributed by atoms with van der Waals surface area (Å²) in [6.07, 6.45) is 1.26. The van der Waals surface area contributed by atoms with Gasteiger partial charge in [0.15, 0.2) is 0 Å². The predicted molar refractivity (Wildman–Crippen MR) is 83.9 cm³/mol. The Morgan fingerprint density at radius 1 is 1.43 bits per heavy atom. The van der Waals surface area contributed by atoms with E-state index in [9.17, 15) is 4.79 Å². The molecule has 1 amide bonds. The molecule has 5 nitrogen and oxygen atoms in total. The average Bonchev–Trinajstić information content (AvgIpc) is 2.94. The van der Waals surface area contributed by atoms with Crippen molar-refractivity contribution in [2.24, 2.45) is 5.73 Å². The number of amides is 1. The number of nitrogens with one attached hydrogen (secondary N) is 1. The molecule has 0 aliphatic carbocycles. The third kappa shape index (κ3) is 5.19. The Hall–Kier alpha value is -1.30. The third-order valence-electron chi connectivity index (χ3n) is 3.42. The summed E-state index contributed by atoms with van der Waals surface area (Å²) >= 11 is 0. The molecule has 118 valence electrons. The summed E-state index contributed by atoms with van der Waals surface area (Å²) in [4.78, 5) is 11.9. The first-order chi connectivity index (χ1) is 9.70. The Kier molecular flexibility index (Phi) is 7.50. The molecule has 1 aliphatic heterocycles. The van der Waals surface area contributed by atoms with E-state index < -0.39 is 0 Å². The van der Waals surface area contributed by atoms with E-state index in [1.165, 1.54) is 0 Å². The van der Waals surface area contributed by atoms with Crippen LogP contribution < -0.4 is 15.8 Å². The normalized spacial score (nSPS) is 20.7. The molecule has 1 aromatic rings. The number of ether oxygens (including phenoxy) is 2. The molecule has 0 aromatic heterocycles. The smallest absolute Gasteiger partial charge is 0.249 e. The maximum absolute atomic E-state index is 11.9. The third-order valence-corrected chi connectivity index (χ3v) is 3.42. The fraction of sp³-hybridized carbons (Fsp3) is 0.533. The largest absolute Gasteiger partial charge is 0.491 e. The Labute approximate surface area is 131 Å². The van der Waals surface area contributed by atoms with Crippen LogP contribution in [0.25, 0.3) is 0 Å². The van der Waals surface area contributed by atoms with E-state index in [2.05, 4.69) is 5.32 Å². The standard InChI is InChI=1S/C15H22N2O3.ClH/c1-11-4-2-3-5-13(11)19-9-8-17-15(18)14-7-6-12(10-16)20-14;/h2-5,12,14H,6-10,16H2,1H3,(H,17,18);1H/t12-,14+;/m1./s1. The number of rotatable bonds is 6. The minimum absolute atomic E-state index is 0. The summed E-state index contributed by atoms with van der Waals surface area (Å²) < 4.78 is 11.1. The SMILES string of the molecule is Cc1ccccc1OCCNC(=O)[C@@H]1CC[C@H](CN)O1.Cl. The van der Waals surface area contributed by atoms with Gasteiger partial charge in [0.2, 0.25) is 5.91 Å². The van der Waals surface area contributed by atoms with Crippen molar-refractivity contribution in [2.75, 3.05) is 19.7 Å². The first-order valence-corrected chi connectivity index (χ1v) is 7.02. The molecule has 6 heteroatoms. The number of hydrogen-bond acceptors (Lipinski definition) is 4. The number of aryl methyl sites for hydroxylation is 1. The molecule has 0 saturated carbocycles. The molecule has 2 rings (SSSR count). The molecule has 21 heavy (non-hydrogen) atoms. The number of benzene rings is 1. The maximum atomic E-state index is 11.9. The molecule has 1 aromatic carbocycles. The summed E-state index contributed by atoms with van der Waals surface area (Å²) in [7, 11) is 0. The van der Waals surface area contributed by atoms with E-state index in [1.54, 1.807) is 0 Å². The van der Waals surface area contributed by atoms with Gasteiger partial charge in [-0.05, 0) is 31.4 Å². The first-order valence-electron chi connectivity index (χ1n) is 7.02. The molecule has 3 N–H and O–H groups in total. The average molecular weight is 315 g/mol. The molecule has 1 aliphatic rings. The lowest BCUT2D eigenvalue weighted by molar-refractivity contribution is -0.131. The summed E-state index contributed by atoms with van der Waals surface area (Å²) in [5.74, 6) is 0.774.